The SMILES string of the molecule is COc1cc(OC)cc(C(=O)N2CCC(OC)C2)c1. The molecule has 1 atom stereocenters. The van der Waals surface area contributed by atoms with E-state index in [9.17, 15) is 4.79 Å². The number of rotatable bonds is 4. The van der Waals surface area contributed by atoms with Crippen LogP contribution in [-0.4, -0.2) is 51.3 Å². The van der Waals surface area contributed by atoms with E-state index in [4.69, 9.17) is 14.2 Å². The summed E-state index contributed by atoms with van der Waals surface area (Å²) in [5, 5.41) is 0. The highest BCUT2D eigenvalue weighted by molar-refractivity contribution is 5.95. The van der Waals surface area contributed by atoms with Gasteiger partial charge in [0.15, 0.2) is 0 Å². The third kappa shape index (κ3) is 2.98. The molecule has 1 unspecified atom stereocenters. The average molecular weight is 265 g/mol. The number of ether oxygens (including phenoxy) is 3. The van der Waals surface area contributed by atoms with Crippen molar-refractivity contribution in [2.24, 2.45) is 0 Å². The Hall–Kier alpha value is -1.75. The first kappa shape index (κ1) is 13.7. The van der Waals surface area contributed by atoms with Crippen LogP contribution < -0.4 is 9.47 Å². The number of nitrogens with zero attached hydrogens (tertiary/aromatic N) is 1. The van der Waals surface area contributed by atoms with Crippen LogP contribution in [0.2, 0.25) is 0 Å². The number of methoxy groups -OCH3 is 3. The van der Waals surface area contributed by atoms with E-state index in [0.717, 1.165) is 13.0 Å². The number of likely N-dealkylation sites (tertiary alicyclic amines) is 1. The first-order valence-electron chi connectivity index (χ1n) is 6.23. The minimum Gasteiger partial charge on any atom is -0.497 e. The maximum atomic E-state index is 12.4. The molecule has 19 heavy (non-hydrogen) atoms. The van der Waals surface area contributed by atoms with Crippen molar-refractivity contribution in [3.8, 4) is 11.5 Å². The summed E-state index contributed by atoms with van der Waals surface area (Å²) in [5.74, 6) is 1.21. The van der Waals surface area contributed by atoms with Crippen LogP contribution in [-0.2, 0) is 4.74 Å². The minimum atomic E-state index is -0.0169. The van der Waals surface area contributed by atoms with E-state index in [1.807, 2.05) is 0 Å². The quantitative estimate of drug-likeness (QED) is 0.829. The molecule has 1 heterocycles. The molecular formula is C14H19NO4. The second-order valence-electron chi connectivity index (χ2n) is 4.50. The molecule has 0 N–H and O–H groups in total. The maximum absolute atomic E-state index is 12.4. The van der Waals surface area contributed by atoms with Crippen LogP contribution in [0.15, 0.2) is 18.2 Å². The number of amides is 1. The van der Waals surface area contributed by atoms with Crippen LogP contribution in [0, 0.1) is 0 Å². The van der Waals surface area contributed by atoms with Crippen LogP contribution in [0.1, 0.15) is 16.8 Å². The molecule has 1 fully saturated rings. The molecule has 0 saturated carbocycles. The van der Waals surface area contributed by atoms with Gasteiger partial charge in [-0.3, -0.25) is 4.79 Å². The monoisotopic (exact) mass is 265 g/mol. The van der Waals surface area contributed by atoms with E-state index >= 15 is 0 Å². The average Bonchev–Trinajstić information content (AvgIpc) is 2.94. The number of carbonyl (C=O) groups excluding carboxylic acids is 1. The van der Waals surface area contributed by atoms with Crippen molar-refractivity contribution in [2.45, 2.75) is 12.5 Å². The van der Waals surface area contributed by atoms with Gasteiger partial charge in [-0.15, -0.1) is 0 Å². The first-order chi connectivity index (χ1) is 9.17. The Kier molecular flexibility index (Phi) is 4.27. The van der Waals surface area contributed by atoms with Gasteiger partial charge in [0.25, 0.3) is 5.91 Å². The maximum Gasteiger partial charge on any atom is 0.254 e. The van der Waals surface area contributed by atoms with E-state index in [1.165, 1.54) is 0 Å². The first-order valence-corrected chi connectivity index (χ1v) is 6.23. The highest BCUT2D eigenvalue weighted by Gasteiger charge is 2.27. The van der Waals surface area contributed by atoms with Crippen LogP contribution in [0.4, 0.5) is 0 Å². The smallest absolute Gasteiger partial charge is 0.254 e. The lowest BCUT2D eigenvalue weighted by Gasteiger charge is -2.17. The van der Waals surface area contributed by atoms with E-state index in [0.29, 0.717) is 23.6 Å². The van der Waals surface area contributed by atoms with Crippen molar-refractivity contribution in [3.63, 3.8) is 0 Å². The summed E-state index contributed by atoms with van der Waals surface area (Å²) in [7, 11) is 4.81. The van der Waals surface area contributed by atoms with E-state index < -0.39 is 0 Å². The number of hydrogen-bond donors (Lipinski definition) is 0. The number of carbonyl (C=O) groups is 1. The molecule has 5 nitrogen and oxygen atoms in total. The van der Waals surface area contributed by atoms with Crippen LogP contribution in [0.3, 0.4) is 0 Å². The highest BCUT2D eigenvalue weighted by atomic mass is 16.5. The number of benzene rings is 1. The molecule has 2 rings (SSSR count). The Morgan fingerprint density at radius 3 is 2.26 bits per heavy atom. The molecule has 1 aromatic rings. The van der Waals surface area contributed by atoms with Crippen molar-refractivity contribution in [3.05, 3.63) is 23.8 Å². The van der Waals surface area contributed by atoms with Gasteiger partial charge in [0.1, 0.15) is 11.5 Å². The van der Waals surface area contributed by atoms with Crippen molar-refractivity contribution < 1.29 is 19.0 Å². The Bertz CT molecular complexity index is 439. The predicted octanol–water partition coefficient (Wildman–Crippen LogP) is 1.56. The molecule has 1 amide bonds. The van der Waals surface area contributed by atoms with Gasteiger partial charge >= 0.3 is 0 Å². The molecule has 1 saturated heterocycles. The van der Waals surface area contributed by atoms with E-state index in [2.05, 4.69) is 0 Å². The van der Waals surface area contributed by atoms with Crippen LogP contribution in [0.25, 0.3) is 0 Å². The summed E-state index contributed by atoms with van der Waals surface area (Å²) in [6, 6.07) is 5.20. The lowest BCUT2D eigenvalue weighted by Crippen LogP contribution is -2.29. The molecule has 1 aromatic carbocycles. The zero-order valence-electron chi connectivity index (χ0n) is 11.5. The fourth-order valence-corrected chi connectivity index (χ4v) is 2.22. The highest BCUT2D eigenvalue weighted by Crippen LogP contribution is 2.24. The second kappa shape index (κ2) is 5.93. The van der Waals surface area contributed by atoms with Crippen LogP contribution in [0.5, 0.6) is 11.5 Å². The Balaban J connectivity index is 2.19. The zero-order chi connectivity index (χ0) is 13.8. The summed E-state index contributed by atoms with van der Waals surface area (Å²) in [5.41, 5.74) is 0.577. The van der Waals surface area contributed by atoms with Gasteiger partial charge in [-0.1, -0.05) is 0 Å². The molecule has 0 aromatic heterocycles. The molecule has 5 heteroatoms. The van der Waals surface area contributed by atoms with Gasteiger partial charge in [0, 0.05) is 31.8 Å². The Morgan fingerprint density at radius 2 is 1.79 bits per heavy atom. The number of hydrogen-bond acceptors (Lipinski definition) is 4. The van der Waals surface area contributed by atoms with E-state index in [1.54, 1.807) is 44.4 Å². The fourth-order valence-electron chi connectivity index (χ4n) is 2.22. The van der Waals surface area contributed by atoms with Gasteiger partial charge in [-0.25, -0.2) is 0 Å². The normalized spacial score (nSPS) is 18.5. The summed E-state index contributed by atoms with van der Waals surface area (Å²) in [4.78, 5) is 14.2. The molecule has 1 aliphatic heterocycles. The van der Waals surface area contributed by atoms with Crippen molar-refractivity contribution in [1.82, 2.24) is 4.90 Å². The van der Waals surface area contributed by atoms with Gasteiger partial charge in [-0.05, 0) is 18.6 Å². The summed E-state index contributed by atoms with van der Waals surface area (Å²) in [6.45, 7) is 1.35. The molecule has 0 aliphatic carbocycles. The van der Waals surface area contributed by atoms with Gasteiger partial charge in [0.05, 0.1) is 20.3 Å². The lowest BCUT2D eigenvalue weighted by molar-refractivity contribution is 0.0723. The van der Waals surface area contributed by atoms with Gasteiger partial charge in [-0.2, -0.15) is 0 Å². The largest absolute Gasteiger partial charge is 0.497 e. The third-order valence-corrected chi connectivity index (χ3v) is 3.36. The summed E-state index contributed by atoms with van der Waals surface area (Å²) >= 11 is 0. The second-order valence-corrected chi connectivity index (χ2v) is 4.50. The van der Waals surface area contributed by atoms with Crippen molar-refractivity contribution in [2.75, 3.05) is 34.4 Å². The predicted molar refractivity (Wildman–Crippen MR) is 70.9 cm³/mol. The van der Waals surface area contributed by atoms with E-state index in [-0.39, 0.29) is 12.0 Å². The fraction of sp³-hybridized carbons (Fsp3) is 0.500. The summed E-state index contributed by atoms with van der Waals surface area (Å²) < 4.78 is 15.6. The molecular weight excluding hydrogens is 246 g/mol. The standard InChI is InChI=1S/C14H19NO4/c1-17-11-4-5-15(9-11)14(16)10-6-12(18-2)8-13(7-10)19-3/h6-8,11H,4-5,9H2,1-3H3. The van der Waals surface area contributed by atoms with Crippen molar-refractivity contribution >= 4 is 5.91 Å². The topological polar surface area (TPSA) is 48.0 Å². The molecule has 0 radical (unpaired) electrons. The zero-order valence-corrected chi connectivity index (χ0v) is 11.5. The minimum absolute atomic E-state index is 0.0169. The molecule has 104 valence electrons. The van der Waals surface area contributed by atoms with Gasteiger partial charge < -0.3 is 19.1 Å². The van der Waals surface area contributed by atoms with Crippen molar-refractivity contribution in [1.29, 1.82) is 0 Å². The molecule has 1 aliphatic rings. The van der Waals surface area contributed by atoms with Gasteiger partial charge in [0.2, 0.25) is 0 Å². The summed E-state index contributed by atoms with van der Waals surface area (Å²) in [6.07, 6.45) is 1.01. The Labute approximate surface area is 113 Å². The third-order valence-electron chi connectivity index (χ3n) is 3.36. The lowest BCUT2D eigenvalue weighted by atomic mass is 10.1. The van der Waals surface area contributed by atoms with Crippen LogP contribution >= 0.6 is 0 Å². The molecule has 0 spiro atoms. The Morgan fingerprint density at radius 1 is 1.16 bits per heavy atom. The molecule has 0 bridgehead atoms.